The van der Waals surface area contributed by atoms with Crippen LogP contribution in [0.3, 0.4) is 0 Å². The second-order valence-corrected chi connectivity index (χ2v) is 7.73. The molecule has 0 spiro atoms. The monoisotopic (exact) mass is 394 g/mol. The normalized spacial score (nSPS) is 19.1. The van der Waals surface area contributed by atoms with Gasteiger partial charge in [0.2, 0.25) is 0 Å². The molecule has 2 unspecified atom stereocenters. The highest BCUT2D eigenvalue weighted by Gasteiger charge is 2.41. The summed E-state index contributed by atoms with van der Waals surface area (Å²) in [6, 6.07) is 18.4. The van der Waals surface area contributed by atoms with Crippen LogP contribution in [-0.2, 0) is 11.2 Å². The molecule has 0 amide bonds. The lowest BCUT2D eigenvalue weighted by molar-refractivity contribution is 0.0276. The number of ketones is 1. The molecule has 2 atom stereocenters. The summed E-state index contributed by atoms with van der Waals surface area (Å²) in [5, 5.41) is 3.36. The second-order valence-electron chi connectivity index (χ2n) is 7.73. The van der Waals surface area contributed by atoms with Gasteiger partial charge in [0.05, 0.1) is 18.2 Å². The molecule has 0 saturated carbocycles. The SMILES string of the molecule is CCN(CC)C(CC)(Cc1ccccc1)C(=O)c1ccc(C2CNCCO2)cc1. The van der Waals surface area contributed by atoms with Crippen LogP contribution in [0.1, 0.15) is 54.8 Å². The van der Waals surface area contributed by atoms with E-state index in [-0.39, 0.29) is 11.9 Å². The summed E-state index contributed by atoms with van der Waals surface area (Å²) < 4.78 is 5.85. The van der Waals surface area contributed by atoms with E-state index < -0.39 is 5.54 Å². The minimum absolute atomic E-state index is 0.0657. The van der Waals surface area contributed by atoms with Gasteiger partial charge in [0.1, 0.15) is 0 Å². The van der Waals surface area contributed by atoms with Crippen molar-refractivity contribution in [2.24, 2.45) is 0 Å². The maximum Gasteiger partial charge on any atom is 0.183 e. The molecule has 2 aromatic rings. The summed E-state index contributed by atoms with van der Waals surface area (Å²) in [6.45, 7) is 10.6. The van der Waals surface area contributed by atoms with Gasteiger partial charge in [-0.1, -0.05) is 75.4 Å². The average molecular weight is 395 g/mol. The Hall–Kier alpha value is -2.01. The molecule has 1 saturated heterocycles. The molecule has 2 aromatic carbocycles. The highest BCUT2D eigenvalue weighted by molar-refractivity contribution is 6.03. The Kier molecular flexibility index (Phi) is 7.59. The first-order valence-corrected chi connectivity index (χ1v) is 10.9. The Morgan fingerprint density at radius 2 is 1.76 bits per heavy atom. The van der Waals surface area contributed by atoms with E-state index in [1.54, 1.807) is 0 Å². The standard InChI is InChI=1S/C25H34N2O2/c1-4-25(27(5-2)6-3,18-20-10-8-7-9-11-20)24(28)22-14-12-21(13-15-22)23-19-26-16-17-29-23/h7-15,23,26H,4-6,16-19H2,1-3H3. The molecule has 4 nitrogen and oxygen atoms in total. The zero-order chi connectivity index (χ0) is 20.7. The van der Waals surface area contributed by atoms with Crippen molar-refractivity contribution < 1.29 is 9.53 Å². The molecular weight excluding hydrogens is 360 g/mol. The summed E-state index contributed by atoms with van der Waals surface area (Å²) in [5.74, 6) is 0.210. The van der Waals surface area contributed by atoms with E-state index in [1.807, 2.05) is 18.2 Å². The number of carbonyl (C=O) groups excluding carboxylic acids is 1. The maximum absolute atomic E-state index is 13.9. The third-order valence-electron chi connectivity index (χ3n) is 6.19. The number of morpholine rings is 1. The lowest BCUT2D eigenvalue weighted by atomic mass is 9.79. The van der Waals surface area contributed by atoms with Crippen LogP contribution in [0.2, 0.25) is 0 Å². The number of rotatable bonds is 9. The van der Waals surface area contributed by atoms with Crippen molar-refractivity contribution in [1.82, 2.24) is 10.2 Å². The lowest BCUT2D eigenvalue weighted by Gasteiger charge is -2.42. The van der Waals surface area contributed by atoms with Crippen LogP contribution in [0.5, 0.6) is 0 Å². The Balaban J connectivity index is 1.90. The van der Waals surface area contributed by atoms with Crippen LogP contribution in [-0.4, -0.2) is 49.0 Å². The Labute approximate surface area is 175 Å². The van der Waals surface area contributed by atoms with E-state index >= 15 is 0 Å². The highest BCUT2D eigenvalue weighted by Crippen LogP contribution is 2.30. The summed E-state index contributed by atoms with van der Waals surface area (Å²) >= 11 is 0. The fraction of sp³-hybridized carbons (Fsp3) is 0.480. The largest absolute Gasteiger partial charge is 0.371 e. The number of likely N-dealkylation sites (N-methyl/N-ethyl adjacent to an activating group) is 1. The molecule has 156 valence electrons. The third kappa shape index (κ3) is 4.77. The first kappa shape index (κ1) is 21.7. The minimum atomic E-state index is -0.532. The highest BCUT2D eigenvalue weighted by atomic mass is 16.5. The number of carbonyl (C=O) groups is 1. The van der Waals surface area contributed by atoms with Gasteiger partial charge in [-0.25, -0.2) is 0 Å². The van der Waals surface area contributed by atoms with Gasteiger partial charge < -0.3 is 10.1 Å². The van der Waals surface area contributed by atoms with Gasteiger partial charge >= 0.3 is 0 Å². The van der Waals surface area contributed by atoms with E-state index in [0.717, 1.165) is 56.8 Å². The molecule has 1 aliphatic heterocycles. The zero-order valence-corrected chi connectivity index (χ0v) is 18.0. The molecule has 1 aliphatic rings. The number of nitrogens with zero attached hydrogens (tertiary/aromatic N) is 1. The van der Waals surface area contributed by atoms with Crippen LogP contribution < -0.4 is 5.32 Å². The molecule has 1 N–H and O–H groups in total. The van der Waals surface area contributed by atoms with E-state index in [2.05, 4.69) is 67.4 Å². The van der Waals surface area contributed by atoms with Gasteiger partial charge in [-0.05, 0) is 37.1 Å². The molecule has 0 aliphatic carbocycles. The second kappa shape index (κ2) is 10.1. The molecule has 3 rings (SSSR count). The number of benzene rings is 2. The van der Waals surface area contributed by atoms with E-state index in [1.165, 1.54) is 5.56 Å². The van der Waals surface area contributed by atoms with Crippen LogP contribution in [0.25, 0.3) is 0 Å². The van der Waals surface area contributed by atoms with Crippen molar-refractivity contribution in [1.29, 1.82) is 0 Å². The summed E-state index contributed by atoms with van der Waals surface area (Å²) in [7, 11) is 0. The first-order chi connectivity index (χ1) is 14.1. The number of hydrogen-bond donors (Lipinski definition) is 1. The van der Waals surface area contributed by atoms with Crippen molar-refractivity contribution in [3.8, 4) is 0 Å². The first-order valence-electron chi connectivity index (χ1n) is 10.9. The van der Waals surface area contributed by atoms with Crippen LogP contribution in [0.4, 0.5) is 0 Å². The van der Waals surface area contributed by atoms with Crippen molar-refractivity contribution in [3.63, 3.8) is 0 Å². The summed E-state index contributed by atoms with van der Waals surface area (Å²) in [6.07, 6.45) is 1.57. The Morgan fingerprint density at radius 1 is 1.07 bits per heavy atom. The molecule has 1 heterocycles. The maximum atomic E-state index is 13.9. The fourth-order valence-electron chi connectivity index (χ4n) is 4.50. The number of Topliss-reactive ketones (excluding diaryl/α,β-unsaturated/α-hetero) is 1. The van der Waals surface area contributed by atoms with Gasteiger partial charge in [-0.2, -0.15) is 0 Å². The van der Waals surface area contributed by atoms with Gasteiger partial charge in [0.15, 0.2) is 5.78 Å². The van der Waals surface area contributed by atoms with E-state index in [9.17, 15) is 4.79 Å². The summed E-state index contributed by atoms with van der Waals surface area (Å²) in [4.78, 5) is 16.2. The molecule has 1 fully saturated rings. The molecule has 29 heavy (non-hydrogen) atoms. The molecule has 0 bridgehead atoms. The topological polar surface area (TPSA) is 41.6 Å². The quantitative estimate of drug-likeness (QED) is 0.645. The third-order valence-corrected chi connectivity index (χ3v) is 6.19. The zero-order valence-electron chi connectivity index (χ0n) is 18.0. The smallest absolute Gasteiger partial charge is 0.183 e. The predicted molar refractivity (Wildman–Crippen MR) is 118 cm³/mol. The van der Waals surface area contributed by atoms with Crippen LogP contribution in [0, 0.1) is 0 Å². The number of hydrogen-bond acceptors (Lipinski definition) is 4. The number of ether oxygens (including phenoxy) is 1. The molecular formula is C25H34N2O2. The molecule has 4 heteroatoms. The molecule has 0 aromatic heterocycles. The van der Waals surface area contributed by atoms with Crippen molar-refractivity contribution in [2.45, 2.75) is 45.3 Å². The van der Waals surface area contributed by atoms with Gasteiger partial charge in [-0.3, -0.25) is 9.69 Å². The summed E-state index contributed by atoms with van der Waals surface area (Å²) in [5.41, 5.74) is 2.58. The van der Waals surface area contributed by atoms with Crippen molar-refractivity contribution in [3.05, 3.63) is 71.3 Å². The molecule has 0 radical (unpaired) electrons. The van der Waals surface area contributed by atoms with Gasteiger partial charge in [0.25, 0.3) is 0 Å². The van der Waals surface area contributed by atoms with Crippen LogP contribution >= 0.6 is 0 Å². The Bertz CT molecular complexity index is 765. The predicted octanol–water partition coefficient (Wildman–Crippen LogP) is 4.26. The van der Waals surface area contributed by atoms with Crippen molar-refractivity contribution >= 4 is 5.78 Å². The lowest BCUT2D eigenvalue weighted by Crippen LogP contribution is -2.55. The average Bonchev–Trinajstić information content (AvgIpc) is 2.80. The van der Waals surface area contributed by atoms with Crippen LogP contribution in [0.15, 0.2) is 54.6 Å². The fourth-order valence-corrected chi connectivity index (χ4v) is 4.50. The minimum Gasteiger partial charge on any atom is -0.371 e. The Morgan fingerprint density at radius 3 is 2.31 bits per heavy atom. The van der Waals surface area contributed by atoms with Gasteiger partial charge in [0, 0.05) is 18.7 Å². The van der Waals surface area contributed by atoms with E-state index in [0.29, 0.717) is 0 Å². The number of nitrogens with one attached hydrogen (secondary N) is 1. The van der Waals surface area contributed by atoms with E-state index in [4.69, 9.17) is 4.74 Å². The van der Waals surface area contributed by atoms with Gasteiger partial charge in [-0.15, -0.1) is 0 Å². The van der Waals surface area contributed by atoms with Crippen molar-refractivity contribution in [2.75, 3.05) is 32.8 Å².